The molecule has 0 aliphatic heterocycles. The Kier molecular flexibility index (Phi) is 3.58. The van der Waals surface area contributed by atoms with Gasteiger partial charge in [-0.15, -0.1) is 0 Å². The normalized spacial score (nSPS) is 11.0. The summed E-state index contributed by atoms with van der Waals surface area (Å²) < 4.78 is 26.1. The highest BCUT2D eigenvalue weighted by molar-refractivity contribution is 5.25. The lowest BCUT2D eigenvalue weighted by Gasteiger charge is -2.09. The van der Waals surface area contributed by atoms with E-state index in [1.165, 1.54) is 0 Å². The Morgan fingerprint density at radius 3 is 2.43 bits per heavy atom. The molecule has 1 aromatic rings. The third-order valence-corrected chi connectivity index (χ3v) is 2.03. The summed E-state index contributed by atoms with van der Waals surface area (Å²) in [5, 5.41) is 3.09. The maximum atomic E-state index is 13.2. The van der Waals surface area contributed by atoms with E-state index in [1.807, 2.05) is 13.8 Å². The van der Waals surface area contributed by atoms with Gasteiger partial charge in [0.2, 0.25) is 0 Å². The van der Waals surface area contributed by atoms with Gasteiger partial charge in [0.25, 0.3) is 0 Å². The van der Waals surface area contributed by atoms with E-state index < -0.39 is 11.6 Å². The summed E-state index contributed by atoms with van der Waals surface area (Å²) in [6, 6.07) is 2.77. The van der Waals surface area contributed by atoms with Gasteiger partial charge < -0.3 is 5.32 Å². The molecule has 1 rings (SSSR count). The highest BCUT2D eigenvalue weighted by Gasteiger charge is 2.06. The maximum absolute atomic E-state index is 13.2. The predicted octanol–water partition coefficient (Wildman–Crippen LogP) is 2.77. The number of benzene rings is 1. The molecule has 0 radical (unpaired) electrons. The molecule has 0 bridgehead atoms. The van der Waals surface area contributed by atoms with Crippen molar-refractivity contribution < 1.29 is 8.78 Å². The molecule has 1 aromatic carbocycles. The van der Waals surface area contributed by atoms with Crippen molar-refractivity contribution in [2.24, 2.45) is 0 Å². The van der Waals surface area contributed by atoms with Gasteiger partial charge in [0.15, 0.2) is 0 Å². The molecule has 0 saturated heterocycles. The SMILES string of the molecule is Cc1cc(CNC(C)C)c(F)cc1F. The van der Waals surface area contributed by atoms with Gasteiger partial charge in [-0.1, -0.05) is 13.8 Å². The molecule has 0 saturated carbocycles. The van der Waals surface area contributed by atoms with Crippen LogP contribution in [0.5, 0.6) is 0 Å². The van der Waals surface area contributed by atoms with Gasteiger partial charge in [-0.25, -0.2) is 8.78 Å². The zero-order valence-corrected chi connectivity index (χ0v) is 8.70. The first-order valence-electron chi connectivity index (χ1n) is 4.68. The van der Waals surface area contributed by atoms with E-state index in [0.717, 1.165) is 6.07 Å². The Labute approximate surface area is 83.1 Å². The molecule has 0 heterocycles. The fraction of sp³-hybridized carbons (Fsp3) is 0.455. The first kappa shape index (κ1) is 11.1. The lowest BCUT2D eigenvalue weighted by molar-refractivity contribution is 0.537. The van der Waals surface area contributed by atoms with Crippen LogP contribution in [0.4, 0.5) is 8.78 Å². The van der Waals surface area contributed by atoms with Gasteiger partial charge in [-0.3, -0.25) is 0 Å². The second kappa shape index (κ2) is 4.51. The van der Waals surface area contributed by atoms with Crippen LogP contribution in [-0.4, -0.2) is 6.04 Å². The first-order valence-corrected chi connectivity index (χ1v) is 4.68. The monoisotopic (exact) mass is 199 g/mol. The van der Waals surface area contributed by atoms with Crippen molar-refractivity contribution in [2.75, 3.05) is 0 Å². The van der Waals surface area contributed by atoms with Crippen molar-refractivity contribution in [3.63, 3.8) is 0 Å². The molecule has 3 heteroatoms. The lowest BCUT2D eigenvalue weighted by Crippen LogP contribution is -2.22. The molecule has 0 amide bonds. The lowest BCUT2D eigenvalue weighted by atomic mass is 10.1. The van der Waals surface area contributed by atoms with Gasteiger partial charge in [-0.05, 0) is 18.6 Å². The summed E-state index contributed by atoms with van der Waals surface area (Å²) in [4.78, 5) is 0. The highest BCUT2D eigenvalue weighted by Crippen LogP contribution is 2.13. The summed E-state index contributed by atoms with van der Waals surface area (Å²) in [6.45, 7) is 6.03. The summed E-state index contributed by atoms with van der Waals surface area (Å²) in [6.07, 6.45) is 0. The largest absolute Gasteiger partial charge is 0.310 e. The van der Waals surface area contributed by atoms with Gasteiger partial charge in [0.05, 0.1) is 0 Å². The Hall–Kier alpha value is -0.960. The van der Waals surface area contributed by atoms with Crippen molar-refractivity contribution in [3.8, 4) is 0 Å². The molecular weight excluding hydrogens is 184 g/mol. The van der Waals surface area contributed by atoms with E-state index in [2.05, 4.69) is 5.32 Å². The fourth-order valence-electron chi connectivity index (χ4n) is 1.17. The molecule has 0 atom stereocenters. The van der Waals surface area contributed by atoms with Crippen molar-refractivity contribution in [1.82, 2.24) is 5.32 Å². The van der Waals surface area contributed by atoms with Crippen LogP contribution in [0.3, 0.4) is 0 Å². The molecule has 0 aliphatic rings. The minimum Gasteiger partial charge on any atom is -0.310 e. The topological polar surface area (TPSA) is 12.0 Å². The second-order valence-electron chi connectivity index (χ2n) is 3.73. The Morgan fingerprint density at radius 2 is 1.86 bits per heavy atom. The molecule has 0 fully saturated rings. The van der Waals surface area contributed by atoms with Crippen molar-refractivity contribution in [3.05, 3.63) is 34.9 Å². The third-order valence-electron chi connectivity index (χ3n) is 2.03. The summed E-state index contributed by atoms with van der Waals surface area (Å²) in [5.41, 5.74) is 0.990. The molecule has 0 aromatic heterocycles. The number of halogens is 2. The van der Waals surface area contributed by atoms with Gasteiger partial charge in [-0.2, -0.15) is 0 Å². The standard InChI is InChI=1S/C11H15F2N/c1-7(2)14-6-9-4-8(3)10(12)5-11(9)13/h4-5,7,14H,6H2,1-3H3. The van der Waals surface area contributed by atoms with Gasteiger partial charge in [0.1, 0.15) is 11.6 Å². The van der Waals surface area contributed by atoms with Crippen molar-refractivity contribution in [1.29, 1.82) is 0 Å². The van der Waals surface area contributed by atoms with Crippen LogP contribution in [0.15, 0.2) is 12.1 Å². The van der Waals surface area contributed by atoms with Crippen LogP contribution in [0.2, 0.25) is 0 Å². The molecular formula is C11H15F2N. The molecule has 14 heavy (non-hydrogen) atoms. The highest BCUT2D eigenvalue weighted by atomic mass is 19.1. The summed E-state index contributed by atoms with van der Waals surface area (Å²) >= 11 is 0. The van der Waals surface area contributed by atoms with Gasteiger partial charge >= 0.3 is 0 Å². The summed E-state index contributed by atoms with van der Waals surface area (Å²) in [5.74, 6) is -0.975. The average molecular weight is 199 g/mol. The number of hydrogen-bond donors (Lipinski definition) is 1. The maximum Gasteiger partial charge on any atom is 0.130 e. The number of rotatable bonds is 3. The second-order valence-corrected chi connectivity index (χ2v) is 3.73. The quantitative estimate of drug-likeness (QED) is 0.789. The first-order chi connectivity index (χ1) is 6.50. The number of hydrogen-bond acceptors (Lipinski definition) is 1. The fourth-order valence-corrected chi connectivity index (χ4v) is 1.17. The van der Waals surface area contributed by atoms with E-state index in [9.17, 15) is 8.78 Å². The van der Waals surface area contributed by atoms with Crippen LogP contribution in [0, 0.1) is 18.6 Å². The van der Waals surface area contributed by atoms with Crippen LogP contribution in [0.25, 0.3) is 0 Å². The predicted molar refractivity (Wildman–Crippen MR) is 53.1 cm³/mol. The number of aryl methyl sites for hydroxylation is 1. The summed E-state index contributed by atoms with van der Waals surface area (Å²) in [7, 11) is 0. The van der Waals surface area contributed by atoms with E-state index in [4.69, 9.17) is 0 Å². The Balaban J connectivity index is 2.82. The minimum absolute atomic E-state index is 0.291. The molecule has 0 aliphatic carbocycles. The minimum atomic E-state index is -0.490. The molecule has 1 nitrogen and oxygen atoms in total. The molecule has 0 spiro atoms. The van der Waals surface area contributed by atoms with Crippen LogP contribution in [0.1, 0.15) is 25.0 Å². The van der Waals surface area contributed by atoms with Crippen LogP contribution < -0.4 is 5.32 Å². The zero-order chi connectivity index (χ0) is 10.7. The van der Waals surface area contributed by atoms with E-state index in [0.29, 0.717) is 23.7 Å². The Bertz CT molecular complexity index is 321. The van der Waals surface area contributed by atoms with E-state index >= 15 is 0 Å². The van der Waals surface area contributed by atoms with E-state index in [1.54, 1.807) is 13.0 Å². The zero-order valence-electron chi connectivity index (χ0n) is 8.70. The number of nitrogens with one attached hydrogen (secondary N) is 1. The average Bonchev–Trinajstić information content (AvgIpc) is 2.09. The van der Waals surface area contributed by atoms with Crippen LogP contribution >= 0.6 is 0 Å². The molecule has 78 valence electrons. The van der Waals surface area contributed by atoms with Crippen LogP contribution in [-0.2, 0) is 6.54 Å². The van der Waals surface area contributed by atoms with Crippen molar-refractivity contribution >= 4 is 0 Å². The van der Waals surface area contributed by atoms with Gasteiger partial charge in [0, 0.05) is 24.2 Å². The Morgan fingerprint density at radius 1 is 1.21 bits per heavy atom. The molecule has 1 N–H and O–H groups in total. The molecule has 0 unspecified atom stereocenters. The van der Waals surface area contributed by atoms with Crippen molar-refractivity contribution in [2.45, 2.75) is 33.4 Å². The van der Waals surface area contributed by atoms with E-state index in [-0.39, 0.29) is 0 Å². The smallest absolute Gasteiger partial charge is 0.130 e. The third kappa shape index (κ3) is 2.77.